The largest absolute Gasteiger partial charge is 0.425 e. The number of rotatable bonds is 1. The summed E-state index contributed by atoms with van der Waals surface area (Å²) in [6, 6.07) is 0.902. The Kier molecular flexibility index (Phi) is 2.09. The van der Waals surface area contributed by atoms with Crippen molar-refractivity contribution in [3.8, 4) is 0 Å². The molecule has 8 heteroatoms. The van der Waals surface area contributed by atoms with Crippen molar-refractivity contribution in [2.45, 2.75) is 6.18 Å². The van der Waals surface area contributed by atoms with E-state index in [9.17, 15) is 18.0 Å². The zero-order valence-electron chi connectivity index (χ0n) is 6.92. The number of aliphatic imine (C=N–C) groups is 1. The van der Waals surface area contributed by atoms with E-state index < -0.39 is 11.1 Å². The zero-order chi connectivity index (χ0) is 11.1. The molecule has 0 aliphatic carbocycles. The first-order chi connectivity index (χ1) is 7.02. The predicted molar refractivity (Wildman–Crippen MR) is 46.8 cm³/mol. The van der Waals surface area contributed by atoms with Crippen molar-refractivity contribution in [2.24, 2.45) is 4.99 Å². The fraction of sp³-hybridized carbons (Fsp3) is 0.143. The van der Waals surface area contributed by atoms with Gasteiger partial charge in [-0.25, -0.2) is 4.79 Å². The van der Waals surface area contributed by atoms with Crippen LogP contribution >= 0.6 is 11.3 Å². The van der Waals surface area contributed by atoms with Gasteiger partial charge in [0, 0.05) is 0 Å². The van der Waals surface area contributed by atoms with E-state index in [1.54, 1.807) is 0 Å². The SMILES string of the molecule is O=C=Nc1[nH]nc2sc(C(F)(F)F)cc12. The van der Waals surface area contributed by atoms with Gasteiger partial charge in [-0.3, -0.25) is 5.10 Å². The molecule has 0 unspecified atom stereocenters. The normalized spacial score (nSPS) is 11.7. The van der Waals surface area contributed by atoms with Gasteiger partial charge in [0.2, 0.25) is 6.08 Å². The van der Waals surface area contributed by atoms with Gasteiger partial charge in [0.1, 0.15) is 9.71 Å². The van der Waals surface area contributed by atoms with Gasteiger partial charge in [-0.05, 0) is 6.07 Å². The molecule has 0 aliphatic rings. The number of alkyl halides is 3. The molecule has 0 saturated carbocycles. The highest BCUT2D eigenvalue weighted by molar-refractivity contribution is 7.18. The number of nitrogens with one attached hydrogen (secondary N) is 1. The van der Waals surface area contributed by atoms with Crippen LogP contribution in [-0.2, 0) is 11.0 Å². The average molecular weight is 233 g/mol. The molecule has 2 heterocycles. The maximum atomic E-state index is 12.3. The molecule has 0 fully saturated rings. The summed E-state index contributed by atoms with van der Waals surface area (Å²) in [6.07, 6.45) is -3.16. The molecular formula is C7H2F3N3OS. The second-order valence-electron chi connectivity index (χ2n) is 2.60. The molecule has 4 nitrogen and oxygen atoms in total. The van der Waals surface area contributed by atoms with E-state index >= 15 is 0 Å². The molecular weight excluding hydrogens is 231 g/mol. The molecule has 0 bridgehead atoms. The van der Waals surface area contributed by atoms with Crippen molar-refractivity contribution in [3.63, 3.8) is 0 Å². The lowest BCUT2D eigenvalue weighted by molar-refractivity contribution is -0.134. The van der Waals surface area contributed by atoms with Gasteiger partial charge in [-0.15, -0.1) is 16.3 Å². The molecule has 0 aliphatic heterocycles. The van der Waals surface area contributed by atoms with Crippen molar-refractivity contribution in [1.82, 2.24) is 10.2 Å². The number of aromatic nitrogens is 2. The minimum Gasteiger partial charge on any atom is -0.259 e. The van der Waals surface area contributed by atoms with E-state index in [2.05, 4.69) is 15.2 Å². The van der Waals surface area contributed by atoms with Gasteiger partial charge in [-0.1, -0.05) is 0 Å². The van der Waals surface area contributed by atoms with Gasteiger partial charge < -0.3 is 0 Å². The Morgan fingerprint density at radius 2 is 2.27 bits per heavy atom. The van der Waals surface area contributed by atoms with E-state index in [0.29, 0.717) is 11.3 Å². The maximum absolute atomic E-state index is 12.3. The Hall–Kier alpha value is -1.66. The number of halogens is 3. The minimum atomic E-state index is -4.40. The molecule has 0 spiro atoms. The third-order valence-corrected chi connectivity index (χ3v) is 2.74. The summed E-state index contributed by atoms with van der Waals surface area (Å²) in [7, 11) is 0. The molecule has 2 aromatic heterocycles. The first-order valence-corrected chi connectivity index (χ1v) is 4.47. The van der Waals surface area contributed by atoms with Crippen LogP contribution in [0.1, 0.15) is 4.88 Å². The number of aromatic amines is 1. The first kappa shape index (κ1) is 9.88. The van der Waals surface area contributed by atoms with Crippen LogP contribution in [0.5, 0.6) is 0 Å². The second-order valence-corrected chi connectivity index (χ2v) is 3.63. The number of isocyanates is 1. The maximum Gasteiger partial charge on any atom is 0.425 e. The molecule has 2 rings (SSSR count). The number of H-pyrrole nitrogens is 1. The van der Waals surface area contributed by atoms with Crippen molar-refractivity contribution in [3.05, 3.63) is 10.9 Å². The van der Waals surface area contributed by atoms with E-state index in [4.69, 9.17) is 0 Å². The number of hydrogen-bond donors (Lipinski definition) is 1. The standard InChI is InChI=1S/C7H2F3N3OS/c8-7(9,10)4-1-3-5(11-2-14)12-13-6(3)15-4/h1H,(H,12,13). The molecule has 15 heavy (non-hydrogen) atoms. The number of fused-ring (bicyclic) bond motifs is 1. The van der Waals surface area contributed by atoms with Crippen molar-refractivity contribution in [1.29, 1.82) is 0 Å². The summed E-state index contributed by atoms with van der Waals surface area (Å²) in [5, 5.41) is 6.11. The monoisotopic (exact) mass is 233 g/mol. The van der Waals surface area contributed by atoms with Gasteiger partial charge in [0.25, 0.3) is 0 Å². The van der Waals surface area contributed by atoms with Gasteiger partial charge in [0.05, 0.1) is 5.39 Å². The van der Waals surface area contributed by atoms with E-state index in [1.807, 2.05) is 0 Å². The molecule has 2 aromatic rings. The van der Waals surface area contributed by atoms with E-state index in [0.717, 1.165) is 6.07 Å². The van der Waals surface area contributed by atoms with Crippen molar-refractivity contribution < 1.29 is 18.0 Å². The van der Waals surface area contributed by atoms with Crippen molar-refractivity contribution in [2.75, 3.05) is 0 Å². The lowest BCUT2D eigenvalue weighted by atomic mass is 10.3. The summed E-state index contributed by atoms with van der Waals surface area (Å²) in [4.78, 5) is 12.6. The van der Waals surface area contributed by atoms with Crippen LogP contribution in [0, 0.1) is 0 Å². The first-order valence-electron chi connectivity index (χ1n) is 3.65. The fourth-order valence-corrected chi connectivity index (χ4v) is 1.93. The average Bonchev–Trinajstić information content (AvgIpc) is 2.65. The van der Waals surface area contributed by atoms with Crippen LogP contribution in [0.3, 0.4) is 0 Å². The Labute approximate surface area is 84.4 Å². The zero-order valence-corrected chi connectivity index (χ0v) is 7.74. The predicted octanol–water partition coefficient (Wildman–Crippen LogP) is 2.61. The summed E-state index contributed by atoms with van der Waals surface area (Å²) >= 11 is 0.494. The third-order valence-electron chi connectivity index (χ3n) is 1.67. The number of thiophene rings is 1. The van der Waals surface area contributed by atoms with Crippen LogP contribution in [-0.4, -0.2) is 16.3 Å². The Morgan fingerprint density at radius 3 is 2.87 bits per heavy atom. The van der Waals surface area contributed by atoms with Crippen LogP contribution in [0.25, 0.3) is 10.2 Å². The molecule has 0 radical (unpaired) electrons. The van der Waals surface area contributed by atoms with Crippen LogP contribution < -0.4 is 0 Å². The Balaban J connectivity index is 2.62. The molecule has 1 N–H and O–H groups in total. The molecule has 78 valence electrons. The van der Waals surface area contributed by atoms with Crippen molar-refractivity contribution >= 4 is 33.5 Å². The highest BCUT2D eigenvalue weighted by Crippen LogP contribution is 2.39. The summed E-state index contributed by atoms with van der Waals surface area (Å²) in [5.74, 6) is -0.00764. The lowest BCUT2D eigenvalue weighted by Gasteiger charge is -1.99. The second kappa shape index (κ2) is 3.18. The van der Waals surface area contributed by atoms with E-state index in [-0.39, 0.29) is 16.0 Å². The molecule has 0 atom stereocenters. The summed E-state index contributed by atoms with van der Waals surface area (Å²) in [6.45, 7) is 0. The molecule has 0 aromatic carbocycles. The highest BCUT2D eigenvalue weighted by Gasteiger charge is 2.33. The third kappa shape index (κ3) is 1.64. The fourth-order valence-electron chi connectivity index (χ4n) is 1.07. The van der Waals surface area contributed by atoms with Gasteiger partial charge >= 0.3 is 6.18 Å². The molecule has 0 amide bonds. The number of carbonyl (C=O) groups excluding carboxylic acids is 1. The van der Waals surface area contributed by atoms with Gasteiger partial charge in [-0.2, -0.15) is 18.3 Å². The number of hydrogen-bond acceptors (Lipinski definition) is 4. The van der Waals surface area contributed by atoms with Crippen LogP contribution in [0.4, 0.5) is 19.0 Å². The minimum absolute atomic E-state index is 0.00764. The smallest absolute Gasteiger partial charge is 0.259 e. The Morgan fingerprint density at radius 1 is 1.53 bits per heavy atom. The lowest BCUT2D eigenvalue weighted by Crippen LogP contribution is -2.00. The van der Waals surface area contributed by atoms with Gasteiger partial charge in [0.15, 0.2) is 5.82 Å². The van der Waals surface area contributed by atoms with Crippen LogP contribution in [0.15, 0.2) is 11.1 Å². The number of nitrogens with zero attached hydrogens (tertiary/aromatic N) is 2. The summed E-state index contributed by atoms with van der Waals surface area (Å²) < 4.78 is 36.9. The molecule has 0 saturated heterocycles. The quantitative estimate of drug-likeness (QED) is 0.608. The topological polar surface area (TPSA) is 58.1 Å². The van der Waals surface area contributed by atoms with E-state index in [1.165, 1.54) is 6.08 Å². The summed E-state index contributed by atoms with van der Waals surface area (Å²) in [5.41, 5.74) is 0. The van der Waals surface area contributed by atoms with Crippen LogP contribution in [0.2, 0.25) is 0 Å². The highest BCUT2D eigenvalue weighted by atomic mass is 32.1. The Bertz CT molecular complexity index is 549.